The van der Waals surface area contributed by atoms with Crippen LogP contribution in [-0.2, 0) is 20.5 Å². The second kappa shape index (κ2) is 5.06. The maximum Gasteiger partial charge on any atom is 0.259 e. The second-order valence-corrected chi connectivity index (χ2v) is 6.67. The number of hydrogen-bond donors (Lipinski definition) is 1. The van der Waals surface area contributed by atoms with E-state index in [1.54, 1.807) is 18.2 Å². The largest absolute Gasteiger partial charge is 0.492 e. The van der Waals surface area contributed by atoms with E-state index in [2.05, 4.69) is 4.40 Å². The predicted octanol–water partition coefficient (Wildman–Crippen LogP) is 0.651. The Morgan fingerprint density at radius 2 is 2.30 bits per heavy atom. The Morgan fingerprint density at radius 3 is 3.05 bits per heavy atom. The van der Waals surface area contributed by atoms with Crippen molar-refractivity contribution in [1.82, 2.24) is 0 Å². The van der Waals surface area contributed by atoms with E-state index in [1.165, 1.54) is 0 Å². The summed E-state index contributed by atoms with van der Waals surface area (Å²) in [6.45, 7) is 2.01. The summed E-state index contributed by atoms with van der Waals surface area (Å²) in [5, 5.41) is 0. The van der Waals surface area contributed by atoms with Gasteiger partial charge in [0.15, 0.2) is 0 Å². The lowest BCUT2D eigenvalue weighted by atomic mass is 10.1. The zero-order chi connectivity index (χ0) is 14.2. The van der Waals surface area contributed by atoms with Crippen molar-refractivity contribution >= 4 is 15.9 Å². The van der Waals surface area contributed by atoms with Crippen molar-refractivity contribution in [2.75, 3.05) is 19.8 Å². The topological polar surface area (TPSA) is 91.0 Å². The number of fused-ring (bicyclic) bond motifs is 1. The molecule has 1 aromatic rings. The highest BCUT2D eigenvalue weighted by Gasteiger charge is 2.25. The lowest BCUT2D eigenvalue weighted by Gasteiger charge is -2.19. The summed E-state index contributed by atoms with van der Waals surface area (Å²) in [7, 11) is -3.51. The second-order valence-electron chi connectivity index (χ2n) is 5.03. The van der Waals surface area contributed by atoms with E-state index in [0.29, 0.717) is 36.0 Å². The van der Waals surface area contributed by atoms with Gasteiger partial charge in [0, 0.05) is 12.5 Å². The van der Waals surface area contributed by atoms with Crippen molar-refractivity contribution in [2.24, 2.45) is 16.0 Å². The fraction of sp³-hybridized carbons (Fsp3) is 0.462. The monoisotopic (exact) mass is 296 g/mol. The molecule has 1 saturated heterocycles. The summed E-state index contributed by atoms with van der Waals surface area (Å²) >= 11 is 0. The normalized spacial score (nSPS) is 24.0. The van der Waals surface area contributed by atoms with Gasteiger partial charge in [-0.3, -0.25) is 0 Å². The molecule has 0 amide bonds. The average Bonchev–Trinajstić information content (AvgIpc) is 2.87. The van der Waals surface area contributed by atoms with Crippen LogP contribution in [0.2, 0.25) is 0 Å². The van der Waals surface area contributed by atoms with Crippen LogP contribution in [-0.4, -0.2) is 34.1 Å². The van der Waals surface area contributed by atoms with E-state index >= 15 is 0 Å². The van der Waals surface area contributed by atoms with E-state index in [4.69, 9.17) is 15.2 Å². The molecule has 2 aliphatic heterocycles. The Bertz CT molecular complexity index is 648. The molecule has 1 fully saturated rings. The molecule has 1 atom stereocenters. The van der Waals surface area contributed by atoms with Crippen LogP contribution in [0.25, 0.3) is 0 Å². The molecular weight excluding hydrogens is 280 g/mol. The molecule has 0 aromatic heterocycles. The minimum Gasteiger partial charge on any atom is -0.492 e. The van der Waals surface area contributed by atoms with E-state index in [0.717, 1.165) is 13.0 Å². The molecule has 2 heterocycles. The van der Waals surface area contributed by atoms with Crippen LogP contribution in [0.15, 0.2) is 22.6 Å². The van der Waals surface area contributed by atoms with Crippen LogP contribution < -0.4 is 10.5 Å². The van der Waals surface area contributed by atoms with Gasteiger partial charge in [-0.15, -0.1) is 4.40 Å². The summed E-state index contributed by atoms with van der Waals surface area (Å²) in [4.78, 5) is 0. The van der Waals surface area contributed by atoms with Gasteiger partial charge in [-0.1, -0.05) is 12.1 Å². The van der Waals surface area contributed by atoms with Gasteiger partial charge in [-0.2, -0.15) is 0 Å². The maximum atomic E-state index is 11.6. The third-order valence-electron chi connectivity index (χ3n) is 3.44. The van der Waals surface area contributed by atoms with Crippen molar-refractivity contribution in [1.29, 1.82) is 0 Å². The highest BCUT2D eigenvalue weighted by molar-refractivity contribution is 7.89. The van der Waals surface area contributed by atoms with Crippen molar-refractivity contribution in [2.45, 2.75) is 12.2 Å². The molecule has 3 rings (SSSR count). The lowest BCUT2D eigenvalue weighted by Crippen LogP contribution is -2.25. The molecule has 20 heavy (non-hydrogen) atoms. The van der Waals surface area contributed by atoms with Crippen LogP contribution in [0.1, 0.15) is 17.5 Å². The van der Waals surface area contributed by atoms with E-state index in [9.17, 15) is 8.42 Å². The SMILES string of the molecule is NC1=NS(=O)(=O)Cc2cccc(OCC3CCOC3)c21. The van der Waals surface area contributed by atoms with Gasteiger partial charge in [-0.25, -0.2) is 8.42 Å². The zero-order valence-corrected chi connectivity index (χ0v) is 11.7. The first-order chi connectivity index (χ1) is 9.55. The molecule has 6 nitrogen and oxygen atoms in total. The summed E-state index contributed by atoms with van der Waals surface area (Å²) < 4.78 is 37.8. The van der Waals surface area contributed by atoms with Crippen LogP contribution in [0, 0.1) is 5.92 Å². The number of sulfonamides is 1. The first-order valence-corrected chi connectivity index (χ1v) is 8.07. The summed E-state index contributed by atoms with van der Waals surface area (Å²) in [5.74, 6) is 0.832. The van der Waals surface area contributed by atoms with Gasteiger partial charge in [-0.05, 0) is 18.1 Å². The minimum absolute atomic E-state index is 0.00419. The summed E-state index contributed by atoms with van der Waals surface area (Å²) in [6, 6.07) is 5.29. The number of hydrogen-bond acceptors (Lipinski definition) is 5. The van der Waals surface area contributed by atoms with Gasteiger partial charge < -0.3 is 15.2 Å². The minimum atomic E-state index is -3.51. The van der Waals surface area contributed by atoms with Gasteiger partial charge >= 0.3 is 0 Å². The molecule has 1 unspecified atom stereocenters. The zero-order valence-electron chi connectivity index (χ0n) is 10.9. The van der Waals surface area contributed by atoms with Crippen LogP contribution in [0.4, 0.5) is 0 Å². The Morgan fingerprint density at radius 1 is 1.45 bits per heavy atom. The molecule has 0 radical (unpaired) electrons. The molecular formula is C13H16N2O4S. The Hall–Kier alpha value is -1.60. The van der Waals surface area contributed by atoms with Crippen LogP contribution in [0.3, 0.4) is 0 Å². The third-order valence-corrected chi connectivity index (χ3v) is 4.59. The number of nitrogens with two attached hydrogens (primary N) is 1. The average molecular weight is 296 g/mol. The molecule has 0 saturated carbocycles. The summed E-state index contributed by atoms with van der Waals surface area (Å²) in [6.07, 6.45) is 0.979. The van der Waals surface area contributed by atoms with E-state index in [1.807, 2.05) is 0 Å². The number of amidine groups is 1. The van der Waals surface area contributed by atoms with Crippen molar-refractivity contribution in [3.8, 4) is 5.75 Å². The van der Waals surface area contributed by atoms with E-state index in [-0.39, 0.29) is 11.6 Å². The number of rotatable bonds is 3. The quantitative estimate of drug-likeness (QED) is 0.884. The Balaban J connectivity index is 1.86. The number of ether oxygens (including phenoxy) is 2. The van der Waals surface area contributed by atoms with Crippen molar-refractivity contribution in [3.05, 3.63) is 29.3 Å². The first-order valence-electron chi connectivity index (χ1n) is 6.46. The molecule has 0 aliphatic carbocycles. The first kappa shape index (κ1) is 13.4. The van der Waals surface area contributed by atoms with Crippen molar-refractivity contribution in [3.63, 3.8) is 0 Å². The fourth-order valence-corrected chi connectivity index (χ4v) is 3.54. The standard InChI is InChI=1S/C13H16N2O4S/c14-13-12-10(8-20(16,17)15-13)2-1-3-11(12)19-7-9-4-5-18-6-9/h1-3,9H,4-8H2,(H2,14,15). The highest BCUT2D eigenvalue weighted by atomic mass is 32.2. The number of nitrogens with zero attached hydrogens (tertiary/aromatic N) is 1. The van der Waals surface area contributed by atoms with Gasteiger partial charge in [0.25, 0.3) is 10.0 Å². The molecule has 2 N–H and O–H groups in total. The Kier molecular flexibility index (Phi) is 3.39. The van der Waals surface area contributed by atoms with Gasteiger partial charge in [0.2, 0.25) is 0 Å². The van der Waals surface area contributed by atoms with Gasteiger partial charge in [0.1, 0.15) is 11.6 Å². The third kappa shape index (κ3) is 2.64. The van der Waals surface area contributed by atoms with Crippen molar-refractivity contribution < 1.29 is 17.9 Å². The number of benzene rings is 1. The molecule has 1 aromatic carbocycles. The summed E-state index contributed by atoms with van der Waals surface area (Å²) in [5.41, 5.74) is 7.01. The fourth-order valence-electron chi connectivity index (χ4n) is 2.45. The molecule has 0 bridgehead atoms. The van der Waals surface area contributed by atoms with Crippen LogP contribution in [0.5, 0.6) is 5.75 Å². The smallest absolute Gasteiger partial charge is 0.259 e. The molecule has 7 heteroatoms. The van der Waals surface area contributed by atoms with Crippen LogP contribution >= 0.6 is 0 Å². The van der Waals surface area contributed by atoms with E-state index < -0.39 is 10.0 Å². The highest BCUT2D eigenvalue weighted by Crippen LogP contribution is 2.28. The molecule has 108 valence electrons. The maximum absolute atomic E-state index is 11.6. The van der Waals surface area contributed by atoms with Gasteiger partial charge in [0.05, 0.1) is 24.5 Å². The predicted molar refractivity (Wildman–Crippen MR) is 74.2 cm³/mol. The lowest BCUT2D eigenvalue weighted by molar-refractivity contribution is 0.167. The Labute approximate surface area is 117 Å². The molecule has 2 aliphatic rings. The molecule has 0 spiro atoms.